The van der Waals surface area contributed by atoms with Crippen LogP contribution in [0.1, 0.15) is 42.6 Å². The first-order chi connectivity index (χ1) is 12.4. The topological polar surface area (TPSA) is 45.6 Å². The van der Waals surface area contributed by atoms with Gasteiger partial charge in [0.1, 0.15) is 6.54 Å². The highest BCUT2D eigenvalue weighted by molar-refractivity contribution is 7.12. The molecule has 0 radical (unpaired) electrons. The van der Waals surface area contributed by atoms with Crippen LogP contribution in [0.25, 0.3) is 0 Å². The number of aryl methyl sites for hydroxylation is 1. The zero-order chi connectivity index (χ0) is 19.1. The van der Waals surface area contributed by atoms with Gasteiger partial charge in [0.25, 0.3) is 5.91 Å². The SMILES string of the molecule is CCCN(CC(=O)N(Cc1cccn1C)CC(C)C)C(=O)c1cccs1. The third-order valence-electron chi connectivity index (χ3n) is 4.18. The molecule has 26 heavy (non-hydrogen) atoms. The third-order valence-corrected chi connectivity index (χ3v) is 5.04. The van der Waals surface area contributed by atoms with E-state index in [9.17, 15) is 9.59 Å². The summed E-state index contributed by atoms with van der Waals surface area (Å²) < 4.78 is 2.03. The standard InChI is InChI=1S/C20H29N3O2S/c1-5-10-22(20(25)18-9-7-12-26-18)15-19(24)23(13-16(2)3)14-17-8-6-11-21(17)4/h6-9,11-12,16H,5,10,13-15H2,1-4H3. The molecule has 0 aliphatic rings. The molecule has 2 aromatic heterocycles. The molecule has 0 saturated heterocycles. The number of amides is 2. The molecule has 0 N–H and O–H groups in total. The third kappa shape index (κ3) is 5.46. The van der Waals surface area contributed by atoms with Crippen molar-refractivity contribution in [3.05, 3.63) is 46.4 Å². The highest BCUT2D eigenvalue weighted by Crippen LogP contribution is 2.14. The predicted molar refractivity (Wildman–Crippen MR) is 106 cm³/mol. The Bertz CT molecular complexity index is 706. The largest absolute Gasteiger partial charge is 0.353 e. The normalized spacial score (nSPS) is 11.0. The molecule has 2 rings (SSSR count). The van der Waals surface area contributed by atoms with Gasteiger partial charge in [-0.25, -0.2) is 0 Å². The maximum absolute atomic E-state index is 13.0. The monoisotopic (exact) mass is 375 g/mol. The summed E-state index contributed by atoms with van der Waals surface area (Å²) in [6.07, 6.45) is 2.81. The highest BCUT2D eigenvalue weighted by atomic mass is 32.1. The van der Waals surface area contributed by atoms with Crippen LogP contribution >= 0.6 is 11.3 Å². The van der Waals surface area contributed by atoms with Crippen LogP contribution in [0, 0.1) is 5.92 Å². The molecule has 2 heterocycles. The molecule has 5 nitrogen and oxygen atoms in total. The molecule has 0 fully saturated rings. The smallest absolute Gasteiger partial charge is 0.264 e. The van der Waals surface area contributed by atoms with Gasteiger partial charge in [-0.1, -0.05) is 26.8 Å². The lowest BCUT2D eigenvalue weighted by atomic mass is 10.2. The number of nitrogens with zero attached hydrogens (tertiary/aromatic N) is 3. The maximum Gasteiger partial charge on any atom is 0.264 e. The van der Waals surface area contributed by atoms with Gasteiger partial charge in [-0.2, -0.15) is 0 Å². The van der Waals surface area contributed by atoms with Crippen LogP contribution in [-0.2, 0) is 18.4 Å². The summed E-state index contributed by atoms with van der Waals surface area (Å²) in [5, 5.41) is 1.89. The summed E-state index contributed by atoms with van der Waals surface area (Å²) in [6, 6.07) is 7.69. The van der Waals surface area contributed by atoms with Gasteiger partial charge in [-0.15, -0.1) is 11.3 Å². The first-order valence-corrected chi connectivity index (χ1v) is 10.0. The van der Waals surface area contributed by atoms with E-state index in [2.05, 4.69) is 13.8 Å². The van der Waals surface area contributed by atoms with Crippen LogP contribution in [0.15, 0.2) is 35.8 Å². The molecule has 0 unspecified atom stereocenters. The van der Waals surface area contributed by atoms with E-state index >= 15 is 0 Å². The summed E-state index contributed by atoms with van der Waals surface area (Å²) in [5.41, 5.74) is 1.09. The van der Waals surface area contributed by atoms with E-state index in [0.717, 1.165) is 12.1 Å². The molecular weight excluding hydrogens is 346 g/mol. The number of carbonyl (C=O) groups excluding carboxylic acids is 2. The van der Waals surface area contributed by atoms with Gasteiger partial charge in [-0.05, 0) is 35.9 Å². The number of hydrogen-bond acceptors (Lipinski definition) is 3. The molecule has 0 saturated carbocycles. The van der Waals surface area contributed by atoms with Crippen LogP contribution in [-0.4, -0.2) is 45.8 Å². The van der Waals surface area contributed by atoms with Crippen molar-refractivity contribution < 1.29 is 9.59 Å². The molecule has 0 spiro atoms. The predicted octanol–water partition coefficient (Wildman–Crippen LogP) is 3.62. The Morgan fingerprint density at radius 2 is 1.96 bits per heavy atom. The molecule has 2 aromatic rings. The molecular formula is C20H29N3O2S. The van der Waals surface area contributed by atoms with Gasteiger partial charge in [0, 0.05) is 32.0 Å². The lowest BCUT2D eigenvalue weighted by molar-refractivity contribution is -0.133. The van der Waals surface area contributed by atoms with Crippen molar-refractivity contribution >= 4 is 23.2 Å². The van der Waals surface area contributed by atoms with Crippen molar-refractivity contribution in [3.63, 3.8) is 0 Å². The van der Waals surface area contributed by atoms with Crippen molar-refractivity contribution in [1.82, 2.24) is 14.4 Å². The van der Waals surface area contributed by atoms with Gasteiger partial charge in [0.2, 0.25) is 5.91 Å². The molecule has 0 aromatic carbocycles. The fraction of sp³-hybridized carbons (Fsp3) is 0.500. The summed E-state index contributed by atoms with van der Waals surface area (Å²) in [6.45, 7) is 8.18. The van der Waals surface area contributed by atoms with Crippen LogP contribution in [0.3, 0.4) is 0 Å². The Morgan fingerprint density at radius 1 is 1.19 bits per heavy atom. The lowest BCUT2D eigenvalue weighted by Crippen LogP contribution is -2.44. The average molecular weight is 376 g/mol. The second-order valence-electron chi connectivity index (χ2n) is 6.98. The van der Waals surface area contributed by atoms with Gasteiger partial charge in [0.05, 0.1) is 11.4 Å². The van der Waals surface area contributed by atoms with E-state index in [-0.39, 0.29) is 18.4 Å². The molecule has 0 aliphatic heterocycles. The molecule has 142 valence electrons. The summed E-state index contributed by atoms with van der Waals surface area (Å²) >= 11 is 1.42. The lowest BCUT2D eigenvalue weighted by Gasteiger charge is -2.28. The quantitative estimate of drug-likeness (QED) is 0.672. The van der Waals surface area contributed by atoms with Gasteiger partial charge >= 0.3 is 0 Å². The molecule has 2 amide bonds. The summed E-state index contributed by atoms with van der Waals surface area (Å²) in [4.78, 5) is 29.9. The van der Waals surface area contributed by atoms with Crippen molar-refractivity contribution in [2.75, 3.05) is 19.6 Å². The second kappa shape index (κ2) is 9.57. The Hall–Kier alpha value is -2.08. The zero-order valence-corrected chi connectivity index (χ0v) is 17.0. The fourth-order valence-corrected chi connectivity index (χ4v) is 3.58. The van der Waals surface area contributed by atoms with Crippen molar-refractivity contribution in [3.8, 4) is 0 Å². The summed E-state index contributed by atoms with van der Waals surface area (Å²) in [5.74, 6) is 0.309. The number of rotatable bonds is 9. The Balaban J connectivity index is 2.12. The van der Waals surface area contributed by atoms with Crippen LogP contribution in [0.5, 0.6) is 0 Å². The Kier molecular flexibility index (Phi) is 7.45. The zero-order valence-electron chi connectivity index (χ0n) is 16.1. The Labute approximate surface area is 160 Å². The van der Waals surface area contributed by atoms with Crippen LogP contribution in [0.2, 0.25) is 0 Å². The molecule has 0 bridgehead atoms. The van der Waals surface area contributed by atoms with E-state index in [1.807, 2.05) is 59.3 Å². The van der Waals surface area contributed by atoms with Crippen molar-refractivity contribution in [2.24, 2.45) is 13.0 Å². The Morgan fingerprint density at radius 3 is 2.50 bits per heavy atom. The minimum atomic E-state index is -0.0569. The first-order valence-electron chi connectivity index (χ1n) is 9.13. The highest BCUT2D eigenvalue weighted by Gasteiger charge is 2.23. The van der Waals surface area contributed by atoms with E-state index in [4.69, 9.17) is 0 Å². The van der Waals surface area contributed by atoms with E-state index in [0.29, 0.717) is 30.4 Å². The van der Waals surface area contributed by atoms with Crippen LogP contribution in [0.4, 0.5) is 0 Å². The van der Waals surface area contributed by atoms with Crippen molar-refractivity contribution in [1.29, 1.82) is 0 Å². The number of hydrogen-bond donors (Lipinski definition) is 0. The van der Waals surface area contributed by atoms with Gasteiger partial charge < -0.3 is 14.4 Å². The number of carbonyl (C=O) groups is 2. The van der Waals surface area contributed by atoms with Crippen molar-refractivity contribution in [2.45, 2.75) is 33.7 Å². The second-order valence-corrected chi connectivity index (χ2v) is 7.93. The van der Waals surface area contributed by atoms with Gasteiger partial charge in [-0.3, -0.25) is 9.59 Å². The first kappa shape index (κ1) is 20.2. The number of aromatic nitrogens is 1. The average Bonchev–Trinajstić information content (AvgIpc) is 3.25. The molecule has 0 aliphatic carbocycles. The number of thiophene rings is 1. The van der Waals surface area contributed by atoms with E-state index in [1.165, 1.54) is 11.3 Å². The minimum Gasteiger partial charge on any atom is -0.353 e. The van der Waals surface area contributed by atoms with Gasteiger partial charge in [0.15, 0.2) is 0 Å². The minimum absolute atomic E-state index is 0.00161. The maximum atomic E-state index is 13.0. The van der Waals surface area contributed by atoms with Crippen LogP contribution < -0.4 is 0 Å². The summed E-state index contributed by atoms with van der Waals surface area (Å²) in [7, 11) is 1.98. The van der Waals surface area contributed by atoms with E-state index < -0.39 is 0 Å². The molecule has 0 atom stereocenters. The fourth-order valence-electron chi connectivity index (χ4n) is 2.89. The van der Waals surface area contributed by atoms with E-state index in [1.54, 1.807) is 4.90 Å². The molecule has 6 heteroatoms.